The van der Waals surface area contributed by atoms with Gasteiger partial charge in [-0.25, -0.2) is 9.97 Å². The fourth-order valence-electron chi connectivity index (χ4n) is 2.48. The van der Waals surface area contributed by atoms with Crippen molar-refractivity contribution in [3.63, 3.8) is 0 Å². The summed E-state index contributed by atoms with van der Waals surface area (Å²) >= 11 is 4.87. The van der Waals surface area contributed by atoms with E-state index >= 15 is 0 Å². The van der Waals surface area contributed by atoms with Crippen molar-refractivity contribution in [3.05, 3.63) is 57.2 Å². The zero-order chi connectivity index (χ0) is 17.2. The average Bonchev–Trinajstić information content (AvgIpc) is 3.34. The van der Waals surface area contributed by atoms with Crippen LogP contribution in [0, 0.1) is 0 Å². The van der Waals surface area contributed by atoms with Crippen LogP contribution in [0.3, 0.4) is 0 Å². The molecule has 0 aliphatic carbocycles. The first-order valence-electron chi connectivity index (χ1n) is 7.74. The number of carbonyl (C=O) groups excluding carboxylic acids is 1. The van der Waals surface area contributed by atoms with Gasteiger partial charge in [-0.2, -0.15) is 11.3 Å². The van der Waals surface area contributed by atoms with E-state index in [0.717, 1.165) is 31.5 Å². The first-order chi connectivity index (χ1) is 12.2. The van der Waals surface area contributed by atoms with Gasteiger partial charge >= 0.3 is 0 Å². The summed E-state index contributed by atoms with van der Waals surface area (Å²) in [5.74, 6) is 0.0569. The van der Waals surface area contributed by atoms with Crippen LogP contribution >= 0.6 is 34.0 Å². The summed E-state index contributed by atoms with van der Waals surface area (Å²) in [5.41, 5.74) is 2.94. The Bertz CT molecular complexity index is 971. The Morgan fingerprint density at radius 2 is 2.04 bits per heavy atom. The van der Waals surface area contributed by atoms with E-state index in [1.807, 2.05) is 42.1 Å². The van der Waals surface area contributed by atoms with Crippen molar-refractivity contribution in [2.45, 2.75) is 13.0 Å². The number of aromatic nitrogens is 2. The molecule has 0 radical (unpaired) electrons. The Balaban J connectivity index is 1.42. The molecule has 4 rings (SSSR count). The monoisotopic (exact) mass is 385 g/mol. The third kappa shape index (κ3) is 3.63. The van der Waals surface area contributed by atoms with Crippen molar-refractivity contribution in [1.29, 1.82) is 0 Å². The first-order valence-corrected chi connectivity index (χ1v) is 10.4. The van der Waals surface area contributed by atoms with Crippen molar-refractivity contribution in [3.8, 4) is 10.6 Å². The highest BCUT2D eigenvalue weighted by Gasteiger charge is 2.15. The van der Waals surface area contributed by atoms with Crippen LogP contribution in [0.1, 0.15) is 10.7 Å². The Kier molecular flexibility index (Phi) is 4.61. The number of para-hydroxylation sites is 1. The first kappa shape index (κ1) is 16.4. The predicted octanol–water partition coefficient (Wildman–Crippen LogP) is 4.68. The topological polar surface area (TPSA) is 46.1 Å². The molecule has 0 aliphatic rings. The van der Waals surface area contributed by atoms with Gasteiger partial charge in [-0.15, -0.1) is 22.7 Å². The summed E-state index contributed by atoms with van der Waals surface area (Å²) in [7, 11) is 1.82. The summed E-state index contributed by atoms with van der Waals surface area (Å²) in [5, 5.41) is 8.00. The average molecular weight is 386 g/mol. The largest absolute Gasteiger partial charge is 0.339 e. The molecule has 3 heterocycles. The molecule has 126 valence electrons. The van der Waals surface area contributed by atoms with E-state index in [1.54, 1.807) is 38.9 Å². The van der Waals surface area contributed by atoms with Crippen LogP contribution in [0.25, 0.3) is 20.8 Å². The third-order valence-corrected chi connectivity index (χ3v) is 6.43. The minimum Gasteiger partial charge on any atom is -0.339 e. The zero-order valence-corrected chi connectivity index (χ0v) is 16.0. The number of benzene rings is 1. The van der Waals surface area contributed by atoms with Crippen LogP contribution in [0.2, 0.25) is 0 Å². The van der Waals surface area contributed by atoms with E-state index in [0.29, 0.717) is 13.0 Å². The highest BCUT2D eigenvalue weighted by molar-refractivity contribution is 7.18. The summed E-state index contributed by atoms with van der Waals surface area (Å²) in [4.78, 5) is 23.4. The SMILES string of the molecule is CN(Cc1nc2ccccc2s1)C(=O)Cc1csc(-c2ccsc2)n1. The van der Waals surface area contributed by atoms with Gasteiger partial charge < -0.3 is 4.90 Å². The normalized spacial score (nSPS) is 11.1. The summed E-state index contributed by atoms with van der Waals surface area (Å²) < 4.78 is 1.15. The second-order valence-electron chi connectivity index (χ2n) is 5.66. The van der Waals surface area contributed by atoms with E-state index in [2.05, 4.69) is 21.4 Å². The van der Waals surface area contributed by atoms with Crippen molar-refractivity contribution in [1.82, 2.24) is 14.9 Å². The standard InChI is InChI=1S/C18H15N3OS3/c1-21(9-16-20-14-4-2-3-5-15(14)25-16)17(22)8-13-11-24-18(19-13)12-6-7-23-10-12/h2-7,10-11H,8-9H2,1H3. The van der Waals surface area contributed by atoms with Gasteiger partial charge in [0, 0.05) is 23.4 Å². The molecule has 0 saturated heterocycles. The molecule has 4 aromatic rings. The second kappa shape index (κ2) is 7.03. The summed E-state index contributed by atoms with van der Waals surface area (Å²) in [6, 6.07) is 10.1. The lowest BCUT2D eigenvalue weighted by Gasteiger charge is -2.14. The number of hydrogen-bond donors (Lipinski definition) is 0. The number of thiophene rings is 1. The zero-order valence-electron chi connectivity index (χ0n) is 13.5. The van der Waals surface area contributed by atoms with E-state index in [-0.39, 0.29) is 5.91 Å². The fourth-order valence-corrected chi connectivity index (χ4v) is 5.03. The maximum absolute atomic E-state index is 12.5. The lowest BCUT2D eigenvalue weighted by molar-refractivity contribution is -0.129. The summed E-state index contributed by atoms with van der Waals surface area (Å²) in [6.45, 7) is 0.527. The Morgan fingerprint density at radius 3 is 2.84 bits per heavy atom. The minimum absolute atomic E-state index is 0.0569. The summed E-state index contributed by atoms with van der Waals surface area (Å²) in [6.07, 6.45) is 0.321. The number of carbonyl (C=O) groups is 1. The number of nitrogens with zero attached hydrogens (tertiary/aromatic N) is 3. The number of fused-ring (bicyclic) bond motifs is 1. The maximum Gasteiger partial charge on any atom is 0.228 e. The molecule has 0 N–H and O–H groups in total. The molecule has 0 aliphatic heterocycles. The van der Waals surface area contributed by atoms with Gasteiger partial charge in [0.15, 0.2) is 0 Å². The van der Waals surface area contributed by atoms with E-state index in [9.17, 15) is 4.79 Å². The van der Waals surface area contributed by atoms with Crippen LogP contribution in [0.15, 0.2) is 46.5 Å². The van der Waals surface area contributed by atoms with Gasteiger partial charge in [0.05, 0.1) is 28.9 Å². The highest BCUT2D eigenvalue weighted by atomic mass is 32.1. The molecule has 0 unspecified atom stereocenters. The van der Waals surface area contributed by atoms with Crippen LogP contribution in [-0.2, 0) is 17.8 Å². The quantitative estimate of drug-likeness (QED) is 0.501. The predicted molar refractivity (Wildman–Crippen MR) is 105 cm³/mol. The van der Waals surface area contributed by atoms with Gasteiger partial charge in [0.2, 0.25) is 5.91 Å². The Hall–Kier alpha value is -2.09. The van der Waals surface area contributed by atoms with Crippen molar-refractivity contribution in [2.75, 3.05) is 7.05 Å². The van der Waals surface area contributed by atoms with Crippen molar-refractivity contribution >= 4 is 50.1 Å². The molecule has 7 heteroatoms. The molecule has 3 aromatic heterocycles. The third-order valence-electron chi connectivity index (χ3n) is 3.79. The molecule has 0 bridgehead atoms. The van der Waals surface area contributed by atoms with E-state index in [1.165, 1.54) is 0 Å². The van der Waals surface area contributed by atoms with E-state index in [4.69, 9.17) is 0 Å². The number of amides is 1. The van der Waals surface area contributed by atoms with Crippen LogP contribution in [0.5, 0.6) is 0 Å². The fraction of sp³-hybridized carbons (Fsp3) is 0.167. The minimum atomic E-state index is 0.0569. The molecular weight excluding hydrogens is 370 g/mol. The number of rotatable bonds is 5. The van der Waals surface area contributed by atoms with Gasteiger partial charge in [-0.05, 0) is 23.6 Å². The molecule has 0 saturated carbocycles. The smallest absolute Gasteiger partial charge is 0.228 e. The highest BCUT2D eigenvalue weighted by Crippen LogP contribution is 2.26. The molecule has 4 nitrogen and oxygen atoms in total. The van der Waals surface area contributed by atoms with Gasteiger partial charge in [0.25, 0.3) is 0 Å². The second-order valence-corrected chi connectivity index (χ2v) is 8.41. The molecule has 0 atom stereocenters. The molecule has 1 amide bonds. The lowest BCUT2D eigenvalue weighted by atomic mass is 10.3. The van der Waals surface area contributed by atoms with Crippen LogP contribution in [-0.4, -0.2) is 27.8 Å². The number of hydrogen-bond acceptors (Lipinski definition) is 6. The Morgan fingerprint density at radius 1 is 1.16 bits per heavy atom. The van der Waals surface area contributed by atoms with E-state index < -0.39 is 0 Å². The lowest BCUT2D eigenvalue weighted by Crippen LogP contribution is -2.27. The number of thiazole rings is 2. The molecule has 25 heavy (non-hydrogen) atoms. The maximum atomic E-state index is 12.5. The number of likely N-dealkylation sites (N-methyl/N-ethyl adjacent to an activating group) is 1. The molecule has 1 aromatic carbocycles. The Labute approximate surface area is 157 Å². The molecule has 0 spiro atoms. The van der Waals surface area contributed by atoms with Gasteiger partial charge in [0.1, 0.15) is 10.0 Å². The molecule has 0 fully saturated rings. The molecular formula is C18H15N3OS3. The van der Waals surface area contributed by atoms with Crippen LogP contribution < -0.4 is 0 Å². The van der Waals surface area contributed by atoms with Crippen LogP contribution in [0.4, 0.5) is 0 Å². The van der Waals surface area contributed by atoms with Crippen molar-refractivity contribution < 1.29 is 4.79 Å². The van der Waals surface area contributed by atoms with Crippen molar-refractivity contribution in [2.24, 2.45) is 0 Å². The van der Waals surface area contributed by atoms with Gasteiger partial charge in [-0.3, -0.25) is 4.79 Å². The van der Waals surface area contributed by atoms with Gasteiger partial charge in [-0.1, -0.05) is 12.1 Å².